The second-order valence-electron chi connectivity index (χ2n) is 2.95. The van der Waals surface area contributed by atoms with Gasteiger partial charge in [-0.1, -0.05) is 35.5 Å². The molecule has 0 aliphatic rings. The SMILES string of the molecule is [CH2]NC(=O)c1cc(-c2ccccc2)on1. The Balaban J connectivity index is 2.32. The maximum atomic E-state index is 11.2. The highest BCUT2D eigenvalue weighted by Gasteiger charge is 2.11. The predicted octanol–water partition coefficient (Wildman–Crippen LogP) is 1.86. The summed E-state index contributed by atoms with van der Waals surface area (Å²) in [5.41, 5.74) is 1.11. The van der Waals surface area contributed by atoms with Gasteiger partial charge < -0.3 is 9.84 Å². The summed E-state index contributed by atoms with van der Waals surface area (Å²) in [5, 5.41) is 5.87. The number of rotatable bonds is 2. The fourth-order valence-corrected chi connectivity index (χ4v) is 1.21. The first-order chi connectivity index (χ1) is 7.31. The molecule has 4 heteroatoms. The number of nitrogens with zero attached hydrogens (tertiary/aromatic N) is 1. The van der Waals surface area contributed by atoms with Crippen LogP contribution in [-0.2, 0) is 0 Å². The van der Waals surface area contributed by atoms with Crippen molar-refractivity contribution in [2.24, 2.45) is 0 Å². The Kier molecular flexibility index (Phi) is 2.49. The van der Waals surface area contributed by atoms with Crippen LogP contribution in [0.1, 0.15) is 10.5 Å². The quantitative estimate of drug-likeness (QED) is 0.806. The van der Waals surface area contributed by atoms with Crippen LogP contribution in [0.25, 0.3) is 11.3 Å². The minimum Gasteiger partial charge on any atom is -0.355 e. The van der Waals surface area contributed by atoms with Crippen LogP contribution < -0.4 is 5.32 Å². The number of hydrogen-bond acceptors (Lipinski definition) is 3. The number of nitrogens with one attached hydrogen (secondary N) is 1. The first kappa shape index (κ1) is 9.45. The molecule has 0 aliphatic carbocycles. The van der Waals surface area contributed by atoms with E-state index in [-0.39, 0.29) is 11.6 Å². The highest BCUT2D eigenvalue weighted by atomic mass is 16.5. The Morgan fingerprint density at radius 3 is 2.73 bits per heavy atom. The largest absolute Gasteiger partial charge is 0.355 e. The second-order valence-corrected chi connectivity index (χ2v) is 2.95. The Hall–Kier alpha value is -2.10. The molecule has 1 aromatic heterocycles. The molecule has 1 aromatic carbocycles. The summed E-state index contributed by atoms with van der Waals surface area (Å²) in [7, 11) is 3.26. The van der Waals surface area contributed by atoms with E-state index in [9.17, 15) is 4.79 Å². The molecule has 4 nitrogen and oxygen atoms in total. The van der Waals surface area contributed by atoms with E-state index < -0.39 is 0 Å². The summed E-state index contributed by atoms with van der Waals surface area (Å²) >= 11 is 0. The van der Waals surface area contributed by atoms with E-state index in [4.69, 9.17) is 4.52 Å². The first-order valence-electron chi connectivity index (χ1n) is 4.41. The number of carbonyl (C=O) groups excluding carboxylic acids is 1. The van der Waals surface area contributed by atoms with Gasteiger partial charge in [0, 0.05) is 18.7 Å². The van der Waals surface area contributed by atoms with Gasteiger partial charge in [0.1, 0.15) is 0 Å². The van der Waals surface area contributed by atoms with Crippen molar-refractivity contribution in [2.75, 3.05) is 0 Å². The van der Waals surface area contributed by atoms with Gasteiger partial charge >= 0.3 is 0 Å². The molecule has 0 saturated carbocycles. The summed E-state index contributed by atoms with van der Waals surface area (Å²) < 4.78 is 5.04. The van der Waals surface area contributed by atoms with Crippen molar-refractivity contribution < 1.29 is 9.32 Å². The third kappa shape index (κ3) is 1.88. The van der Waals surface area contributed by atoms with Gasteiger partial charge in [0.05, 0.1) is 0 Å². The maximum absolute atomic E-state index is 11.2. The van der Waals surface area contributed by atoms with Crippen LogP contribution in [0.3, 0.4) is 0 Å². The zero-order valence-corrected chi connectivity index (χ0v) is 7.93. The average Bonchev–Trinajstić information content (AvgIpc) is 2.78. The molecule has 0 atom stereocenters. The molecular formula is C11H9N2O2. The molecule has 75 valence electrons. The summed E-state index contributed by atoms with van der Waals surface area (Å²) in [6.07, 6.45) is 0. The molecule has 0 unspecified atom stereocenters. The fourth-order valence-electron chi connectivity index (χ4n) is 1.21. The minimum absolute atomic E-state index is 0.226. The number of carbonyl (C=O) groups is 1. The maximum Gasteiger partial charge on any atom is 0.273 e. The van der Waals surface area contributed by atoms with Gasteiger partial charge in [0.15, 0.2) is 11.5 Å². The molecule has 2 aromatic rings. The van der Waals surface area contributed by atoms with Crippen molar-refractivity contribution in [3.8, 4) is 11.3 Å². The number of amides is 1. The molecule has 15 heavy (non-hydrogen) atoms. The van der Waals surface area contributed by atoms with Crippen molar-refractivity contribution in [2.45, 2.75) is 0 Å². The monoisotopic (exact) mass is 201 g/mol. The summed E-state index contributed by atoms with van der Waals surface area (Å²) in [6.45, 7) is 0. The topological polar surface area (TPSA) is 55.1 Å². The molecule has 0 spiro atoms. The van der Waals surface area contributed by atoms with Crippen LogP contribution in [0.15, 0.2) is 40.9 Å². The molecule has 0 fully saturated rings. The number of aromatic nitrogens is 1. The van der Waals surface area contributed by atoms with Gasteiger partial charge in [0.2, 0.25) is 0 Å². The fraction of sp³-hybridized carbons (Fsp3) is 0. The Labute approximate surface area is 86.9 Å². The molecular weight excluding hydrogens is 192 g/mol. The van der Waals surface area contributed by atoms with Crippen LogP contribution in [0.4, 0.5) is 0 Å². The van der Waals surface area contributed by atoms with E-state index in [0.717, 1.165) is 5.56 Å². The molecule has 1 amide bonds. The Morgan fingerprint density at radius 2 is 2.07 bits per heavy atom. The van der Waals surface area contributed by atoms with E-state index >= 15 is 0 Å². The summed E-state index contributed by atoms with van der Waals surface area (Å²) in [5.74, 6) is 0.204. The molecule has 0 aliphatic heterocycles. The lowest BCUT2D eigenvalue weighted by Crippen LogP contribution is -2.15. The lowest BCUT2D eigenvalue weighted by molar-refractivity contribution is 0.0960. The van der Waals surface area contributed by atoms with Crippen LogP contribution in [0, 0.1) is 7.05 Å². The van der Waals surface area contributed by atoms with Gasteiger partial charge in [-0.25, -0.2) is 0 Å². The summed E-state index contributed by atoms with van der Waals surface area (Å²) in [6, 6.07) is 11.0. The smallest absolute Gasteiger partial charge is 0.273 e. The molecule has 2 rings (SSSR count). The van der Waals surface area contributed by atoms with Crippen molar-refractivity contribution in [3.05, 3.63) is 49.1 Å². The van der Waals surface area contributed by atoms with E-state index in [2.05, 4.69) is 17.5 Å². The number of benzene rings is 1. The van der Waals surface area contributed by atoms with Gasteiger partial charge in [-0.2, -0.15) is 0 Å². The lowest BCUT2D eigenvalue weighted by Gasteiger charge is -1.91. The van der Waals surface area contributed by atoms with E-state index in [0.29, 0.717) is 5.76 Å². The zero-order chi connectivity index (χ0) is 10.7. The van der Waals surface area contributed by atoms with Crippen LogP contribution in [0.5, 0.6) is 0 Å². The van der Waals surface area contributed by atoms with Gasteiger partial charge in [-0.05, 0) is 0 Å². The van der Waals surface area contributed by atoms with Gasteiger partial charge in [0.25, 0.3) is 5.91 Å². The highest BCUT2D eigenvalue weighted by Crippen LogP contribution is 2.19. The van der Waals surface area contributed by atoms with Crippen LogP contribution in [0.2, 0.25) is 0 Å². The lowest BCUT2D eigenvalue weighted by atomic mass is 10.1. The standard InChI is InChI=1S/C11H9N2O2/c1-12-11(14)9-7-10(15-13-9)8-5-3-2-4-6-8/h2-7H,1H2,(H,12,14). The van der Waals surface area contributed by atoms with E-state index in [1.54, 1.807) is 6.07 Å². The summed E-state index contributed by atoms with van der Waals surface area (Å²) in [4.78, 5) is 11.2. The van der Waals surface area contributed by atoms with Crippen molar-refractivity contribution in [1.82, 2.24) is 10.5 Å². The van der Waals surface area contributed by atoms with Crippen molar-refractivity contribution in [1.29, 1.82) is 0 Å². The highest BCUT2D eigenvalue weighted by molar-refractivity contribution is 5.93. The molecule has 1 N–H and O–H groups in total. The second kappa shape index (κ2) is 3.96. The molecule has 1 heterocycles. The Bertz CT molecular complexity index is 462. The third-order valence-electron chi connectivity index (χ3n) is 1.96. The van der Waals surface area contributed by atoms with E-state index in [1.165, 1.54) is 0 Å². The Morgan fingerprint density at radius 1 is 1.33 bits per heavy atom. The van der Waals surface area contributed by atoms with Crippen LogP contribution in [-0.4, -0.2) is 11.1 Å². The van der Waals surface area contributed by atoms with Gasteiger partial charge in [-0.3, -0.25) is 4.79 Å². The minimum atomic E-state index is -0.360. The number of hydrogen-bond donors (Lipinski definition) is 1. The zero-order valence-electron chi connectivity index (χ0n) is 7.93. The van der Waals surface area contributed by atoms with Crippen molar-refractivity contribution in [3.63, 3.8) is 0 Å². The molecule has 0 bridgehead atoms. The normalized spacial score (nSPS) is 9.93. The predicted molar refractivity (Wildman–Crippen MR) is 54.8 cm³/mol. The van der Waals surface area contributed by atoms with Crippen LogP contribution >= 0.6 is 0 Å². The average molecular weight is 201 g/mol. The first-order valence-corrected chi connectivity index (χ1v) is 4.41. The molecule has 0 saturated heterocycles. The van der Waals surface area contributed by atoms with Crippen molar-refractivity contribution >= 4 is 5.91 Å². The third-order valence-corrected chi connectivity index (χ3v) is 1.96. The molecule has 1 radical (unpaired) electrons. The van der Waals surface area contributed by atoms with Gasteiger partial charge in [-0.15, -0.1) is 0 Å². The van der Waals surface area contributed by atoms with E-state index in [1.807, 2.05) is 30.3 Å².